The molecule has 0 aromatic carbocycles. The normalized spacial score (nSPS) is 29.3. The van der Waals surface area contributed by atoms with Crippen LogP contribution in [0, 0.1) is 0 Å². The van der Waals surface area contributed by atoms with Crippen molar-refractivity contribution in [1.82, 2.24) is 20.0 Å². The minimum Gasteiger partial charge on any atom is -0.323 e. The number of amides is 2. The highest BCUT2D eigenvalue weighted by molar-refractivity contribution is 5.76. The second-order valence-electron chi connectivity index (χ2n) is 5.91. The van der Waals surface area contributed by atoms with E-state index in [1.165, 1.54) is 0 Å². The molecule has 2 unspecified atom stereocenters. The summed E-state index contributed by atoms with van der Waals surface area (Å²) in [6, 6.07) is 1.20. The first kappa shape index (κ1) is 14.6. The molecule has 0 aromatic rings. The molecule has 1 N–H and O–H groups in total. The zero-order valence-electron chi connectivity index (χ0n) is 12.6. The number of piperazine rings is 1. The number of likely N-dealkylation sites (N-methyl/N-ethyl adjacent to an activating group) is 2. The maximum absolute atomic E-state index is 12.2. The van der Waals surface area contributed by atoms with E-state index in [-0.39, 0.29) is 6.03 Å². The number of carbonyl (C=O) groups excluding carboxylic acids is 1. The molecule has 2 atom stereocenters. The molecule has 0 bridgehead atoms. The molecule has 0 aromatic heterocycles. The van der Waals surface area contributed by atoms with Gasteiger partial charge in [-0.15, -0.1) is 0 Å². The Labute approximate surface area is 116 Å². The molecule has 2 heterocycles. The molecule has 5 heteroatoms. The van der Waals surface area contributed by atoms with E-state index in [1.807, 2.05) is 16.8 Å². The molecule has 2 saturated heterocycles. The molecule has 0 aliphatic carbocycles. The van der Waals surface area contributed by atoms with Crippen LogP contribution in [0.2, 0.25) is 0 Å². The van der Waals surface area contributed by atoms with Crippen LogP contribution in [0.3, 0.4) is 0 Å². The fraction of sp³-hybridized carbons (Fsp3) is 0.929. The summed E-state index contributed by atoms with van der Waals surface area (Å²) in [5, 5.41) is 3.43. The van der Waals surface area contributed by atoms with Gasteiger partial charge in [0.15, 0.2) is 0 Å². The first-order valence-corrected chi connectivity index (χ1v) is 7.56. The van der Waals surface area contributed by atoms with Gasteiger partial charge in [0.1, 0.15) is 0 Å². The standard InChI is InChI=1S/C14H28N4O/c1-4-5-13-11-18(14(19)17(13)3)8-6-12-10-15-7-9-16(12)2/h12-13,15H,4-11H2,1-3H3. The Morgan fingerprint density at radius 1 is 1.26 bits per heavy atom. The van der Waals surface area contributed by atoms with Crippen molar-refractivity contribution < 1.29 is 4.79 Å². The number of urea groups is 1. The van der Waals surface area contributed by atoms with Gasteiger partial charge < -0.3 is 20.0 Å². The lowest BCUT2D eigenvalue weighted by Crippen LogP contribution is -2.50. The van der Waals surface area contributed by atoms with E-state index in [1.54, 1.807) is 0 Å². The van der Waals surface area contributed by atoms with Gasteiger partial charge in [-0.3, -0.25) is 0 Å². The molecule has 0 radical (unpaired) electrons. The summed E-state index contributed by atoms with van der Waals surface area (Å²) in [6.07, 6.45) is 3.33. The Balaban J connectivity index is 1.81. The van der Waals surface area contributed by atoms with Gasteiger partial charge in [0.2, 0.25) is 0 Å². The molecule has 0 saturated carbocycles. The van der Waals surface area contributed by atoms with E-state index >= 15 is 0 Å². The van der Waals surface area contributed by atoms with Gasteiger partial charge in [0.25, 0.3) is 0 Å². The molecule has 2 rings (SSSR count). The monoisotopic (exact) mass is 268 g/mol. The molecule has 2 amide bonds. The molecule has 2 aliphatic rings. The van der Waals surface area contributed by atoms with E-state index in [2.05, 4.69) is 24.2 Å². The molecule has 5 nitrogen and oxygen atoms in total. The van der Waals surface area contributed by atoms with Crippen molar-refractivity contribution in [2.75, 3.05) is 46.8 Å². The zero-order valence-corrected chi connectivity index (χ0v) is 12.6. The summed E-state index contributed by atoms with van der Waals surface area (Å²) in [5.41, 5.74) is 0. The van der Waals surface area contributed by atoms with E-state index in [9.17, 15) is 4.79 Å². The number of nitrogens with one attached hydrogen (secondary N) is 1. The van der Waals surface area contributed by atoms with Gasteiger partial charge in [0, 0.05) is 45.8 Å². The minimum atomic E-state index is 0.213. The van der Waals surface area contributed by atoms with Crippen LogP contribution in [0.1, 0.15) is 26.2 Å². The van der Waals surface area contributed by atoms with Crippen molar-refractivity contribution in [2.24, 2.45) is 0 Å². The van der Waals surface area contributed by atoms with Gasteiger partial charge in [-0.2, -0.15) is 0 Å². The highest BCUT2D eigenvalue weighted by Gasteiger charge is 2.34. The first-order valence-electron chi connectivity index (χ1n) is 7.56. The van der Waals surface area contributed by atoms with Crippen LogP contribution < -0.4 is 5.32 Å². The molecular weight excluding hydrogens is 240 g/mol. The van der Waals surface area contributed by atoms with Crippen LogP contribution in [-0.4, -0.2) is 79.6 Å². The van der Waals surface area contributed by atoms with Crippen molar-refractivity contribution in [3.8, 4) is 0 Å². The van der Waals surface area contributed by atoms with Crippen molar-refractivity contribution in [1.29, 1.82) is 0 Å². The molecular formula is C14H28N4O. The van der Waals surface area contributed by atoms with Crippen LogP contribution in [-0.2, 0) is 0 Å². The van der Waals surface area contributed by atoms with Crippen LogP contribution in [0.4, 0.5) is 4.79 Å². The fourth-order valence-corrected chi connectivity index (χ4v) is 3.13. The summed E-state index contributed by atoms with van der Waals surface area (Å²) >= 11 is 0. The quantitative estimate of drug-likeness (QED) is 0.802. The molecule has 19 heavy (non-hydrogen) atoms. The topological polar surface area (TPSA) is 38.8 Å². The van der Waals surface area contributed by atoms with Crippen molar-refractivity contribution >= 4 is 6.03 Å². The lowest BCUT2D eigenvalue weighted by molar-refractivity contribution is 0.167. The van der Waals surface area contributed by atoms with Gasteiger partial charge >= 0.3 is 6.03 Å². The van der Waals surface area contributed by atoms with Crippen molar-refractivity contribution in [3.63, 3.8) is 0 Å². The lowest BCUT2D eigenvalue weighted by Gasteiger charge is -2.34. The fourth-order valence-electron chi connectivity index (χ4n) is 3.13. The second kappa shape index (κ2) is 6.57. The second-order valence-corrected chi connectivity index (χ2v) is 5.91. The number of nitrogens with zero attached hydrogens (tertiary/aromatic N) is 3. The largest absolute Gasteiger partial charge is 0.323 e. The number of hydrogen-bond acceptors (Lipinski definition) is 3. The molecule has 2 aliphatic heterocycles. The highest BCUT2D eigenvalue weighted by atomic mass is 16.2. The Hall–Kier alpha value is -0.810. The van der Waals surface area contributed by atoms with Crippen molar-refractivity contribution in [3.05, 3.63) is 0 Å². The zero-order chi connectivity index (χ0) is 13.8. The van der Waals surface area contributed by atoms with E-state index in [0.29, 0.717) is 12.1 Å². The van der Waals surface area contributed by atoms with Crippen LogP contribution in [0.15, 0.2) is 0 Å². The number of hydrogen-bond donors (Lipinski definition) is 1. The lowest BCUT2D eigenvalue weighted by atomic mass is 10.1. The number of rotatable bonds is 5. The van der Waals surface area contributed by atoms with Crippen LogP contribution in [0.25, 0.3) is 0 Å². The van der Waals surface area contributed by atoms with Crippen LogP contribution in [0.5, 0.6) is 0 Å². The van der Waals surface area contributed by atoms with Gasteiger partial charge in [-0.25, -0.2) is 4.79 Å². The summed E-state index contributed by atoms with van der Waals surface area (Å²) in [6.45, 7) is 7.22. The maximum Gasteiger partial charge on any atom is 0.320 e. The molecule has 0 spiro atoms. The summed E-state index contributed by atoms with van der Waals surface area (Å²) in [4.78, 5) is 18.5. The van der Waals surface area contributed by atoms with Gasteiger partial charge in [0.05, 0.1) is 6.04 Å². The van der Waals surface area contributed by atoms with Gasteiger partial charge in [-0.1, -0.05) is 13.3 Å². The van der Waals surface area contributed by atoms with Gasteiger partial charge in [-0.05, 0) is 19.9 Å². The third kappa shape index (κ3) is 3.39. The predicted molar refractivity (Wildman–Crippen MR) is 77.3 cm³/mol. The average molecular weight is 268 g/mol. The maximum atomic E-state index is 12.2. The van der Waals surface area contributed by atoms with E-state index < -0.39 is 0 Å². The minimum absolute atomic E-state index is 0.213. The molecule has 110 valence electrons. The Kier molecular flexibility index (Phi) is 5.05. The first-order chi connectivity index (χ1) is 9.13. The van der Waals surface area contributed by atoms with E-state index in [0.717, 1.165) is 52.0 Å². The average Bonchev–Trinajstić information content (AvgIpc) is 2.67. The molecule has 2 fully saturated rings. The third-order valence-corrected chi connectivity index (χ3v) is 4.55. The Morgan fingerprint density at radius 3 is 2.74 bits per heavy atom. The third-order valence-electron chi connectivity index (χ3n) is 4.55. The number of carbonyl (C=O) groups is 1. The summed E-state index contributed by atoms with van der Waals surface area (Å²) < 4.78 is 0. The smallest absolute Gasteiger partial charge is 0.320 e. The summed E-state index contributed by atoms with van der Waals surface area (Å²) in [7, 11) is 4.13. The Morgan fingerprint density at radius 2 is 2.05 bits per heavy atom. The highest BCUT2D eigenvalue weighted by Crippen LogP contribution is 2.19. The van der Waals surface area contributed by atoms with Crippen LogP contribution >= 0.6 is 0 Å². The Bertz CT molecular complexity index is 310. The van der Waals surface area contributed by atoms with E-state index in [4.69, 9.17) is 0 Å². The van der Waals surface area contributed by atoms with Crippen molar-refractivity contribution in [2.45, 2.75) is 38.3 Å². The summed E-state index contributed by atoms with van der Waals surface area (Å²) in [5.74, 6) is 0. The SMILES string of the molecule is CCCC1CN(CCC2CNCCN2C)C(=O)N1C. The predicted octanol–water partition coefficient (Wildman–Crippen LogP) is 0.816.